The fourth-order valence-corrected chi connectivity index (χ4v) is 3.37. The predicted octanol–water partition coefficient (Wildman–Crippen LogP) is 2.91. The molecule has 0 saturated carbocycles. The molecule has 0 spiro atoms. The first-order chi connectivity index (χ1) is 14.7. The Balaban J connectivity index is 2.07. The van der Waals surface area contributed by atoms with Gasteiger partial charge in [0, 0.05) is 0 Å². The number of hydrogen-bond donors (Lipinski definition) is 3. The van der Waals surface area contributed by atoms with E-state index < -0.39 is 57.7 Å². The van der Waals surface area contributed by atoms with Gasteiger partial charge in [0.25, 0.3) is 5.91 Å². The zero-order valence-electron chi connectivity index (χ0n) is 15.8. The third-order valence-corrected chi connectivity index (χ3v) is 5.19. The van der Waals surface area contributed by atoms with E-state index in [1.165, 1.54) is 18.2 Å². The van der Waals surface area contributed by atoms with Gasteiger partial charge in [-0.2, -0.15) is 26.3 Å². The van der Waals surface area contributed by atoms with Gasteiger partial charge in [0.05, 0.1) is 28.3 Å². The average Bonchev–Trinajstić information content (AvgIpc) is 2.70. The minimum Gasteiger partial charge on any atom is -0.343 e. The van der Waals surface area contributed by atoms with Gasteiger partial charge in [-0.15, -0.1) is 0 Å². The summed E-state index contributed by atoms with van der Waals surface area (Å²) < 4.78 is 101. The highest BCUT2D eigenvalue weighted by molar-refractivity contribution is 7.89. The van der Waals surface area contributed by atoms with Gasteiger partial charge in [-0.3, -0.25) is 9.59 Å². The van der Waals surface area contributed by atoms with Gasteiger partial charge >= 0.3 is 12.4 Å². The van der Waals surface area contributed by atoms with Crippen LogP contribution in [0.5, 0.6) is 0 Å². The van der Waals surface area contributed by atoms with E-state index in [1.807, 2.05) is 4.72 Å². The van der Waals surface area contributed by atoms with Crippen molar-refractivity contribution in [2.45, 2.75) is 17.2 Å². The van der Waals surface area contributed by atoms with E-state index in [9.17, 15) is 44.3 Å². The molecule has 0 bridgehead atoms. The van der Waals surface area contributed by atoms with Crippen molar-refractivity contribution in [3.63, 3.8) is 0 Å². The first kappa shape index (κ1) is 25.1. The highest BCUT2D eigenvalue weighted by atomic mass is 32.2. The van der Waals surface area contributed by atoms with E-state index in [0.717, 1.165) is 18.2 Å². The van der Waals surface area contributed by atoms with E-state index >= 15 is 0 Å². The van der Waals surface area contributed by atoms with Crippen LogP contribution >= 0.6 is 0 Å². The number of anilines is 1. The molecule has 174 valence electrons. The Morgan fingerprint density at radius 3 is 2.19 bits per heavy atom. The minimum absolute atomic E-state index is 0.199. The average molecular weight is 483 g/mol. The first-order valence-electron chi connectivity index (χ1n) is 8.60. The van der Waals surface area contributed by atoms with E-state index in [4.69, 9.17) is 0 Å². The molecule has 32 heavy (non-hydrogen) atoms. The van der Waals surface area contributed by atoms with Crippen LogP contribution in [0.3, 0.4) is 0 Å². The quantitative estimate of drug-likeness (QED) is 0.527. The lowest BCUT2D eigenvalue weighted by molar-refractivity contribution is -0.137. The third kappa shape index (κ3) is 7.23. The molecular weight excluding hydrogens is 468 g/mol. The second-order valence-electron chi connectivity index (χ2n) is 6.24. The standard InChI is InChI=1S/C18H15F6N3O4S/c19-17(20,21)10-25-16(29)13-6-1-2-7-14(13)27-15(28)9-26-32(30,31)12-5-3-4-11(8-12)18(22,23)24/h1-8,26H,9-10H2,(H,25,29)(H,27,28). The number of carbonyl (C=O) groups excluding carboxylic acids is 2. The van der Waals surface area contributed by atoms with E-state index in [1.54, 1.807) is 5.32 Å². The summed E-state index contributed by atoms with van der Waals surface area (Å²) in [5.41, 5.74) is -1.72. The number of carbonyl (C=O) groups is 2. The van der Waals surface area contributed by atoms with Crippen molar-refractivity contribution >= 4 is 27.5 Å². The van der Waals surface area contributed by atoms with Crippen molar-refractivity contribution < 1.29 is 44.3 Å². The molecule has 0 unspecified atom stereocenters. The molecule has 0 heterocycles. The van der Waals surface area contributed by atoms with Crippen LogP contribution in [0.15, 0.2) is 53.4 Å². The second-order valence-corrected chi connectivity index (χ2v) is 8.01. The molecule has 0 saturated heterocycles. The van der Waals surface area contributed by atoms with Crippen LogP contribution in [0.1, 0.15) is 15.9 Å². The van der Waals surface area contributed by atoms with Crippen LogP contribution in [0.25, 0.3) is 0 Å². The van der Waals surface area contributed by atoms with Crippen LogP contribution in [0.2, 0.25) is 0 Å². The lowest BCUT2D eigenvalue weighted by Gasteiger charge is -2.13. The number of alkyl halides is 6. The molecule has 2 aromatic carbocycles. The highest BCUT2D eigenvalue weighted by Gasteiger charge is 2.32. The van der Waals surface area contributed by atoms with Gasteiger partial charge in [0.15, 0.2) is 0 Å². The normalized spacial score (nSPS) is 12.3. The molecule has 7 nitrogen and oxygen atoms in total. The van der Waals surface area contributed by atoms with Gasteiger partial charge in [0.2, 0.25) is 15.9 Å². The van der Waals surface area contributed by atoms with Crippen molar-refractivity contribution in [1.29, 1.82) is 0 Å². The molecule has 0 aliphatic carbocycles. The van der Waals surface area contributed by atoms with E-state index in [2.05, 4.69) is 5.32 Å². The molecule has 0 fully saturated rings. The maximum Gasteiger partial charge on any atom is 0.416 e. The lowest BCUT2D eigenvalue weighted by Crippen LogP contribution is -2.35. The maximum absolute atomic E-state index is 12.8. The summed E-state index contributed by atoms with van der Waals surface area (Å²) >= 11 is 0. The summed E-state index contributed by atoms with van der Waals surface area (Å²) in [6.07, 6.45) is -9.44. The summed E-state index contributed by atoms with van der Waals surface area (Å²) in [6.45, 7) is -2.53. The van der Waals surface area contributed by atoms with Crippen molar-refractivity contribution in [2.75, 3.05) is 18.4 Å². The Morgan fingerprint density at radius 1 is 0.906 bits per heavy atom. The lowest BCUT2D eigenvalue weighted by atomic mass is 10.1. The highest BCUT2D eigenvalue weighted by Crippen LogP contribution is 2.30. The van der Waals surface area contributed by atoms with Crippen LogP contribution in [-0.2, 0) is 21.0 Å². The maximum atomic E-state index is 12.8. The molecule has 2 aromatic rings. The summed E-state index contributed by atoms with van der Waals surface area (Å²) in [5, 5.41) is 3.79. The number of para-hydroxylation sites is 1. The summed E-state index contributed by atoms with van der Waals surface area (Å²) in [5.74, 6) is -2.15. The molecule has 0 aromatic heterocycles. The SMILES string of the molecule is O=C(CNS(=O)(=O)c1cccc(C(F)(F)F)c1)Nc1ccccc1C(=O)NCC(F)(F)F. The molecule has 0 aliphatic rings. The van der Waals surface area contributed by atoms with Gasteiger partial charge in [0.1, 0.15) is 6.54 Å². The monoisotopic (exact) mass is 483 g/mol. The Bertz CT molecular complexity index is 1100. The van der Waals surface area contributed by atoms with Gasteiger partial charge < -0.3 is 10.6 Å². The Morgan fingerprint density at radius 2 is 1.56 bits per heavy atom. The molecule has 14 heteroatoms. The van der Waals surface area contributed by atoms with Crippen molar-refractivity contribution in [3.05, 3.63) is 59.7 Å². The topological polar surface area (TPSA) is 104 Å². The zero-order valence-corrected chi connectivity index (χ0v) is 16.7. The number of nitrogens with one attached hydrogen (secondary N) is 3. The fourth-order valence-electron chi connectivity index (χ4n) is 2.34. The van der Waals surface area contributed by atoms with E-state index in [0.29, 0.717) is 12.1 Å². The van der Waals surface area contributed by atoms with Crippen molar-refractivity contribution in [2.24, 2.45) is 0 Å². The molecule has 2 rings (SSSR count). The van der Waals surface area contributed by atoms with Gasteiger partial charge in [-0.25, -0.2) is 13.1 Å². The summed E-state index contributed by atoms with van der Waals surface area (Å²) in [4.78, 5) is 23.3. The second kappa shape index (κ2) is 9.56. The van der Waals surface area contributed by atoms with Gasteiger partial charge in [-0.1, -0.05) is 18.2 Å². The number of amides is 2. The Kier molecular flexibility index (Phi) is 7.51. The summed E-state index contributed by atoms with van der Waals surface area (Å²) in [6, 6.07) is 7.86. The molecule has 3 N–H and O–H groups in total. The van der Waals surface area contributed by atoms with Crippen LogP contribution in [0.4, 0.5) is 32.0 Å². The molecule has 2 amide bonds. The number of benzene rings is 2. The zero-order chi connectivity index (χ0) is 24.2. The third-order valence-electron chi connectivity index (χ3n) is 3.79. The fraction of sp³-hybridized carbons (Fsp3) is 0.222. The number of sulfonamides is 1. The molecule has 0 radical (unpaired) electrons. The van der Waals surface area contributed by atoms with Gasteiger partial charge in [-0.05, 0) is 30.3 Å². The van der Waals surface area contributed by atoms with Crippen molar-refractivity contribution in [1.82, 2.24) is 10.0 Å². The minimum atomic E-state index is -4.78. The van der Waals surface area contributed by atoms with E-state index in [-0.39, 0.29) is 11.3 Å². The van der Waals surface area contributed by atoms with Crippen LogP contribution in [0, 0.1) is 0 Å². The van der Waals surface area contributed by atoms with Crippen LogP contribution in [-0.4, -0.2) is 39.5 Å². The number of hydrogen-bond acceptors (Lipinski definition) is 4. The molecular formula is C18H15F6N3O4S. The molecule has 0 atom stereocenters. The smallest absolute Gasteiger partial charge is 0.343 e. The summed E-state index contributed by atoms with van der Waals surface area (Å²) in [7, 11) is -4.50. The van der Waals surface area contributed by atoms with Crippen molar-refractivity contribution in [3.8, 4) is 0 Å². The Hall–Kier alpha value is -3.13. The number of rotatable bonds is 7. The largest absolute Gasteiger partial charge is 0.416 e. The Labute approximate surface area is 177 Å². The number of halogens is 6. The first-order valence-corrected chi connectivity index (χ1v) is 10.1. The predicted molar refractivity (Wildman–Crippen MR) is 100 cm³/mol. The van der Waals surface area contributed by atoms with Crippen LogP contribution < -0.4 is 15.4 Å². The molecule has 0 aliphatic heterocycles.